The molecule has 0 aliphatic heterocycles. The van der Waals surface area contributed by atoms with Crippen molar-refractivity contribution in [3.05, 3.63) is 65.2 Å². The molecule has 3 rings (SSSR count). The van der Waals surface area contributed by atoms with Crippen LogP contribution in [-0.4, -0.2) is 37.7 Å². The predicted molar refractivity (Wildman–Crippen MR) is 143 cm³/mol. The van der Waals surface area contributed by atoms with Crippen molar-refractivity contribution in [2.24, 2.45) is 34.8 Å². The summed E-state index contributed by atoms with van der Waals surface area (Å²) in [6, 6.07) is 7.78. The van der Waals surface area contributed by atoms with Crippen molar-refractivity contribution in [2.45, 2.75) is 46.0 Å². The van der Waals surface area contributed by atoms with Crippen LogP contribution in [0.5, 0.6) is 5.75 Å². The molecular formula is C30H37NO6. The van der Waals surface area contributed by atoms with Gasteiger partial charge in [-0.05, 0) is 66.0 Å². The van der Waals surface area contributed by atoms with E-state index >= 15 is 0 Å². The summed E-state index contributed by atoms with van der Waals surface area (Å²) < 4.78 is 10.6. The van der Waals surface area contributed by atoms with Gasteiger partial charge in [0.25, 0.3) is 0 Å². The molecule has 1 saturated carbocycles. The quantitative estimate of drug-likeness (QED) is 0.130. The molecule has 0 aromatic heterocycles. The van der Waals surface area contributed by atoms with Gasteiger partial charge in [-0.25, -0.2) is 0 Å². The maximum Gasteiger partial charge on any atom is 0.194 e. The minimum atomic E-state index is -1.02. The molecular weight excluding hydrogens is 470 g/mol. The van der Waals surface area contributed by atoms with Crippen LogP contribution < -0.4 is 4.74 Å². The Morgan fingerprint density at radius 3 is 2.38 bits per heavy atom. The molecule has 0 radical (unpaired) electrons. The molecule has 4 unspecified atom stereocenters. The molecule has 1 aromatic carbocycles. The first-order chi connectivity index (χ1) is 17.8. The summed E-state index contributed by atoms with van der Waals surface area (Å²) in [6.07, 6.45) is 8.60. The number of methoxy groups -OCH3 is 1. The van der Waals surface area contributed by atoms with Gasteiger partial charge in [0.05, 0.1) is 12.5 Å². The lowest BCUT2D eigenvalue weighted by Crippen LogP contribution is -2.46. The molecule has 1 aromatic rings. The smallest absolute Gasteiger partial charge is 0.194 e. The third kappa shape index (κ3) is 7.19. The molecule has 198 valence electrons. The summed E-state index contributed by atoms with van der Waals surface area (Å²) in [7, 11) is 1.63. The molecule has 0 spiro atoms. The van der Waals surface area contributed by atoms with Crippen LogP contribution in [-0.2, 0) is 19.1 Å². The Bertz CT molecular complexity index is 1070. The van der Waals surface area contributed by atoms with Crippen LogP contribution >= 0.6 is 0 Å². The fourth-order valence-electron chi connectivity index (χ4n) is 4.98. The van der Waals surface area contributed by atoms with Gasteiger partial charge in [-0.3, -0.25) is 14.4 Å². The third-order valence-electron chi connectivity index (χ3n) is 7.32. The van der Waals surface area contributed by atoms with Crippen molar-refractivity contribution in [3.8, 4) is 5.75 Å². The summed E-state index contributed by atoms with van der Waals surface area (Å²) >= 11 is 0. The maximum absolute atomic E-state index is 13.4. The first kappa shape index (κ1) is 28.4. The number of benzene rings is 1. The van der Waals surface area contributed by atoms with Crippen molar-refractivity contribution < 1.29 is 23.9 Å². The first-order valence-electron chi connectivity index (χ1n) is 13.0. The number of nitrogens with zero attached hydrogens (tertiary/aromatic N) is 1. The van der Waals surface area contributed by atoms with Crippen molar-refractivity contribution in [1.82, 2.24) is 0 Å². The average molecular weight is 508 g/mol. The minimum Gasteiger partial charge on any atom is -0.491 e. The highest BCUT2D eigenvalue weighted by molar-refractivity contribution is 6.10. The van der Waals surface area contributed by atoms with Crippen LogP contribution in [0.1, 0.15) is 51.5 Å². The average Bonchev–Trinajstić information content (AvgIpc) is 2.89. The molecule has 37 heavy (non-hydrogen) atoms. The standard InChI is InChI=1S/C30H37NO6/c1-19(2)5-16-27(32)28(29(33)20(3)31-35)25-14-15-26(25)30(34)23-8-6-21(7-9-23)22-10-12-24(13-11-22)37-18-17-36-4/h6-8,10-13,19,23,25-26,28H,3,5,9,14-18H2,1-2,4H3. The highest BCUT2D eigenvalue weighted by Crippen LogP contribution is 2.44. The number of hydrogen-bond acceptors (Lipinski definition) is 7. The number of allylic oxidation sites excluding steroid dienone is 5. The summed E-state index contributed by atoms with van der Waals surface area (Å²) in [5.41, 5.74) is 1.62. The number of carbonyl (C=O) groups is 3. The van der Waals surface area contributed by atoms with Crippen LogP contribution in [0.4, 0.5) is 0 Å². The lowest BCUT2D eigenvalue weighted by Gasteiger charge is -2.41. The second kappa shape index (κ2) is 13.4. The van der Waals surface area contributed by atoms with E-state index in [2.05, 4.69) is 11.8 Å². The molecule has 2 aliphatic rings. The van der Waals surface area contributed by atoms with E-state index in [4.69, 9.17) is 9.47 Å². The summed E-state index contributed by atoms with van der Waals surface area (Å²) in [4.78, 5) is 50.3. The number of nitroso groups, excluding NO2 is 1. The van der Waals surface area contributed by atoms with Crippen molar-refractivity contribution in [3.63, 3.8) is 0 Å². The zero-order chi connectivity index (χ0) is 26.9. The number of ether oxygens (including phenoxy) is 2. The highest BCUT2D eigenvalue weighted by atomic mass is 16.5. The molecule has 7 heteroatoms. The van der Waals surface area contributed by atoms with Gasteiger partial charge in [-0.2, -0.15) is 0 Å². The molecule has 0 bridgehead atoms. The van der Waals surface area contributed by atoms with E-state index in [-0.39, 0.29) is 29.8 Å². The van der Waals surface area contributed by atoms with Crippen LogP contribution in [0.3, 0.4) is 0 Å². The minimum absolute atomic E-state index is 0.0452. The normalized spacial score (nSPS) is 21.5. The molecule has 1 fully saturated rings. The van der Waals surface area contributed by atoms with E-state index in [0.29, 0.717) is 44.8 Å². The zero-order valence-electron chi connectivity index (χ0n) is 22.0. The second-order valence-corrected chi connectivity index (χ2v) is 10.3. The van der Waals surface area contributed by atoms with E-state index in [0.717, 1.165) is 16.9 Å². The van der Waals surface area contributed by atoms with Gasteiger partial charge in [-0.15, -0.1) is 4.91 Å². The second-order valence-electron chi connectivity index (χ2n) is 10.3. The van der Waals surface area contributed by atoms with Crippen molar-refractivity contribution in [1.29, 1.82) is 0 Å². The van der Waals surface area contributed by atoms with E-state index in [1.165, 1.54) is 0 Å². The fraction of sp³-hybridized carbons (Fsp3) is 0.500. The Morgan fingerprint density at radius 1 is 1.11 bits per heavy atom. The molecule has 0 N–H and O–H groups in total. The van der Waals surface area contributed by atoms with Crippen LogP contribution in [0.25, 0.3) is 5.57 Å². The highest BCUT2D eigenvalue weighted by Gasteiger charge is 2.48. The van der Waals surface area contributed by atoms with Gasteiger partial charge < -0.3 is 9.47 Å². The molecule has 7 nitrogen and oxygen atoms in total. The van der Waals surface area contributed by atoms with Gasteiger partial charge in [0, 0.05) is 25.4 Å². The maximum atomic E-state index is 13.4. The zero-order valence-corrected chi connectivity index (χ0v) is 22.0. The van der Waals surface area contributed by atoms with Crippen LogP contribution in [0, 0.1) is 34.5 Å². The Balaban J connectivity index is 1.65. The SMILES string of the molecule is C=C(N=O)C(=O)C(C(=O)CCC(C)C)C1CCC1C(=O)C1C=CC(c2ccc(OCCOC)cc2)=CC1. The monoisotopic (exact) mass is 507 g/mol. The number of hydrogen-bond donors (Lipinski definition) is 0. The van der Waals surface area contributed by atoms with Gasteiger partial charge in [0.15, 0.2) is 5.78 Å². The summed E-state index contributed by atoms with van der Waals surface area (Å²) in [6.45, 7) is 8.46. The molecule has 0 amide bonds. The summed E-state index contributed by atoms with van der Waals surface area (Å²) in [5.74, 6) is -1.85. The van der Waals surface area contributed by atoms with Gasteiger partial charge in [0.1, 0.15) is 29.6 Å². The van der Waals surface area contributed by atoms with Gasteiger partial charge in [-0.1, -0.05) is 50.8 Å². The third-order valence-corrected chi connectivity index (χ3v) is 7.32. The van der Waals surface area contributed by atoms with E-state index in [1.807, 2.05) is 56.3 Å². The number of rotatable bonds is 15. The van der Waals surface area contributed by atoms with E-state index in [1.54, 1.807) is 7.11 Å². The Morgan fingerprint density at radius 2 is 1.84 bits per heavy atom. The Labute approximate surface area is 219 Å². The molecule has 0 saturated heterocycles. The molecule has 2 aliphatic carbocycles. The van der Waals surface area contributed by atoms with Gasteiger partial charge >= 0.3 is 0 Å². The van der Waals surface area contributed by atoms with Crippen molar-refractivity contribution in [2.75, 3.05) is 20.3 Å². The number of Topliss-reactive ketones (excluding diaryl/α,β-unsaturated/α-hetero) is 3. The topological polar surface area (TPSA) is 99.1 Å². The Kier molecular flexibility index (Phi) is 10.3. The number of ketones is 3. The molecule has 0 heterocycles. The van der Waals surface area contributed by atoms with Crippen LogP contribution in [0.2, 0.25) is 0 Å². The largest absolute Gasteiger partial charge is 0.491 e. The first-order valence-corrected chi connectivity index (χ1v) is 13.0. The lowest BCUT2D eigenvalue weighted by atomic mass is 9.60. The number of carbonyl (C=O) groups excluding carboxylic acids is 3. The van der Waals surface area contributed by atoms with E-state index < -0.39 is 23.3 Å². The Hall–Kier alpha value is -3.19. The fourth-order valence-corrected chi connectivity index (χ4v) is 4.98. The molecule has 4 atom stereocenters. The van der Waals surface area contributed by atoms with Crippen molar-refractivity contribution >= 4 is 22.9 Å². The van der Waals surface area contributed by atoms with E-state index in [9.17, 15) is 19.3 Å². The predicted octanol–water partition coefficient (Wildman–Crippen LogP) is 5.74. The van der Waals surface area contributed by atoms with Crippen LogP contribution in [0.15, 0.2) is 59.9 Å². The van der Waals surface area contributed by atoms with Gasteiger partial charge in [0.2, 0.25) is 0 Å². The summed E-state index contributed by atoms with van der Waals surface area (Å²) in [5, 5.41) is 2.68. The lowest BCUT2D eigenvalue weighted by molar-refractivity contribution is -0.141.